The molecule has 3 rings (SSSR count). The van der Waals surface area contributed by atoms with E-state index in [4.69, 9.17) is 9.47 Å². The summed E-state index contributed by atoms with van der Waals surface area (Å²) < 4.78 is 10.7. The van der Waals surface area contributed by atoms with Gasteiger partial charge in [-0.3, -0.25) is 19.4 Å². The second-order valence-electron chi connectivity index (χ2n) is 6.43. The third-order valence-corrected chi connectivity index (χ3v) is 4.40. The number of carbonyl (C=O) groups excluding carboxylic acids is 3. The molecule has 0 aliphatic heterocycles. The molecule has 0 N–H and O–H groups in total. The van der Waals surface area contributed by atoms with Gasteiger partial charge in [0.2, 0.25) is 5.92 Å². The molecule has 1 atom stereocenters. The summed E-state index contributed by atoms with van der Waals surface area (Å²) in [5, 5.41) is 0. The first-order valence-electron chi connectivity index (χ1n) is 9.53. The van der Waals surface area contributed by atoms with Crippen molar-refractivity contribution in [3.8, 4) is 0 Å². The summed E-state index contributed by atoms with van der Waals surface area (Å²) in [5.41, 5.74) is 1.56. The van der Waals surface area contributed by atoms with Gasteiger partial charge in [0, 0.05) is 18.0 Å². The average molecular weight is 403 g/mol. The Balaban J connectivity index is 1.94. The van der Waals surface area contributed by atoms with Gasteiger partial charge in [-0.25, -0.2) is 0 Å². The maximum absolute atomic E-state index is 13.1. The van der Waals surface area contributed by atoms with Crippen LogP contribution in [0.4, 0.5) is 0 Å². The number of carbonyl (C=O) groups is 3. The van der Waals surface area contributed by atoms with E-state index in [9.17, 15) is 14.4 Å². The van der Waals surface area contributed by atoms with E-state index in [1.165, 1.54) is 18.5 Å². The third-order valence-electron chi connectivity index (χ3n) is 4.40. The van der Waals surface area contributed by atoms with Crippen LogP contribution >= 0.6 is 0 Å². The Bertz CT molecular complexity index is 950. The molecule has 6 heteroatoms. The van der Waals surface area contributed by atoms with Crippen LogP contribution in [-0.2, 0) is 19.1 Å². The predicted octanol–water partition coefficient (Wildman–Crippen LogP) is 3.78. The highest BCUT2D eigenvalue weighted by atomic mass is 16.6. The van der Waals surface area contributed by atoms with Crippen LogP contribution in [0.5, 0.6) is 0 Å². The Morgan fingerprint density at radius 3 is 1.93 bits per heavy atom. The fourth-order valence-electron chi connectivity index (χ4n) is 2.98. The van der Waals surface area contributed by atoms with Crippen LogP contribution < -0.4 is 0 Å². The topological polar surface area (TPSA) is 82.6 Å². The Morgan fingerprint density at radius 1 is 0.833 bits per heavy atom. The first-order chi connectivity index (χ1) is 14.6. The lowest BCUT2D eigenvalue weighted by Crippen LogP contribution is -2.35. The van der Waals surface area contributed by atoms with E-state index in [0.717, 1.165) is 0 Å². The standard InChI is InChI=1S/C24H21NO5/c1-2-29-23(27)20(21(26)19-14-9-15-25-16-19)24(28)30-22(17-10-5-3-6-11-17)18-12-7-4-8-13-18/h3-16,20,22H,2H2,1H3. The van der Waals surface area contributed by atoms with Gasteiger partial charge in [0.05, 0.1) is 6.61 Å². The monoisotopic (exact) mass is 403 g/mol. The quantitative estimate of drug-likeness (QED) is 0.323. The number of ketones is 1. The first-order valence-corrected chi connectivity index (χ1v) is 9.53. The van der Waals surface area contributed by atoms with Crippen molar-refractivity contribution in [1.29, 1.82) is 0 Å². The van der Waals surface area contributed by atoms with Crippen LogP contribution in [0.3, 0.4) is 0 Å². The second kappa shape index (κ2) is 10.1. The minimum Gasteiger partial charge on any atom is -0.465 e. The van der Waals surface area contributed by atoms with Gasteiger partial charge >= 0.3 is 11.9 Å². The highest BCUT2D eigenvalue weighted by Crippen LogP contribution is 2.27. The van der Waals surface area contributed by atoms with Gasteiger partial charge in [-0.05, 0) is 30.2 Å². The van der Waals surface area contributed by atoms with Crippen molar-refractivity contribution in [1.82, 2.24) is 4.98 Å². The van der Waals surface area contributed by atoms with E-state index >= 15 is 0 Å². The summed E-state index contributed by atoms with van der Waals surface area (Å²) in [6.07, 6.45) is 2.02. The van der Waals surface area contributed by atoms with Gasteiger partial charge in [0.1, 0.15) is 0 Å². The highest BCUT2D eigenvalue weighted by Gasteiger charge is 2.39. The zero-order valence-electron chi connectivity index (χ0n) is 16.4. The molecule has 0 fully saturated rings. The molecule has 0 aliphatic carbocycles. The first kappa shape index (κ1) is 20.9. The average Bonchev–Trinajstić information content (AvgIpc) is 2.79. The summed E-state index contributed by atoms with van der Waals surface area (Å²) >= 11 is 0. The summed E-state index contributed by atoms with van der Waals surface area (Å²) in [6.45, 7) is 1.63. The lowest BCUT2D eigenvalue weighted by molar-refractivity contribution is -0.161. The molecule has 3 aromatic rings. The van der Waals surface area contributed by atoms with Gasteiger partial charge in [-0.1, -0.05) is 60.7 Å². The van der Waals surface area contributed by atoms with Gasteiger partial charge < -0.3 is 9.47 Å². The predicted molar refractivity (Wildman–Crippen MR) is 110 cm³/mol. The highest BCUT2D eigenvalue weighted by molar-refractivity contribution is 6.20. The molecule has 30 heavy (non-hydrogen) atoms. The molecular weight excluding hydrogens is 382 g/mol. The minimum absolute atomic E-state index is 0.0315. The normalized spacial score (nSPS) is 11.5. The minimum atomic E-state index is -1.73. The number of benzene rings is 2. The van der Waals surface area contributed by atoms with E-state index in [-0.39, 0.29) is 12.2 Å². The van der Waals surface area contributed by atoms with E-state index in [1.54, 1.807) is 13.0 Å². The summed E-state index contributed by atoms with van der Waals surface area (Å²) in [5.74, 6) is -4.37. The van der Waals surface area contributed by atoms with Gasteiger partial charge in [0.25, 0.3) is 0 Å². The summed E-state index contributed by atoms with van der Waals surface area (Å²) in [4.78, 5) is 42.4. The Labute approximate surface area is 174 Å². The molecular formula is C24H21NO5. The lowest BCUT2D eigenvalue weighted by Gasteiger charge is -2.21. The van der Waals surface area contributed by atoms with E-state index < -0.39 is 29.7 Å². The molecule has 0 saturated carbocycles. The molecule has 0 aliphatic rings. The Hall–Kier alpha value is -3.80. The molecule has 0 amide bonds. The maximum Gasteiger partial charge on any atom is 0.329 e. The van der Waals surface area contributed by atoms with Crippen molar-refractivity contribution in [3.05, 3.63) is 102 Å². The largest absolute Gasteiger partial charge is 0.465 e. The molecule has 0 spiro atoms. The molecule has 0 radical (unpaired) electrons. The number of hydrogen-bond donors (Lipinski definition) is 0. The van der Waals surface area contributed by atoms with E-state index in [2.05, 4.69) is 4.98 Å². The van der Waals surface area contributed by atoms with Crippen LogP contribution in [0.1, 0.15) is 34.5 Å². The van der Waals surface area contributed by atoms with Gasteiger partial charge in [-0.15, -0.1) is 0 Å². The lowest BCUT2D eigenvalue weighted by atomic mass is 9.97. The van der Waals surface area contributed by atoms with Gasteiger partial charge in [-0.2, -0.15) is 0 Å². The summed E-state index contributed by atoms with van der Waals surface area (Å²) in [7, 11) is 0. The number of Topliss-reactive ketones (excluding diaryl/α,β-unsaturated/α-hetero) is 1. The molecule has 1 unspecified atom stereocenters. The number of hydrogen-bond acceptors (Lipinski definition) is 6. The van der Waals surface area contributed by atoms with E-state index in [1.807, 2.05) is 60.7 Å². The Morgan fingerprint density at radius 2 is 1.43 bits per heavy atom. The molecule has 1 aromatic heterocycles. The van der Waals surface area contributed by atoms with Gasteiger partial charge in [0.15, 0.2) is 11.9 Å². The molecule has 6 nitrogen and oxygen atoms in total. The van der Waals surface area contributed by atoms with E-state index in [0.29, 0.717) is 11.1 Å². The summed E-state index contributed by atoms with van der Waals surface area (Å²) in [6, 6.07) is 21.3. The number of ether oxygens (including phenoxy) is 2. The molecule has 1 heterocycles. The van der Waals surface area contributed by atoms with Crippen LogP contribution in [0, 0.1) is 5.92 Å². The zero-order chi connectivity index (χ0) is 21.3. The maximum atomic E-state index is 13.1. The van der Waals surface area contributed by atoms with Crippen LogP contribution in [-0.4, -0.2) is 29.3 Å². The van der Waals surface area contributed by atoms with Crippen LogP contribution in [0.15, 0.2) is 85.2 Å². The number of nitrogens with zero attached hydrogens (tertiary/aromatic N) is 1. The van der Waals surface area contributed by atoms with Crippen molar-refractivity contribution < 1.29 is 23.9 Å². The molecule has 0 saturated heterocycles. The number of pyridine rings is 1. The number of esters is 2. The molecule has 152 valence electrons. The van der Waals surface area contributed by atoms with Crippen LogP contribution in [0.25, 0.3) is 0 Å². The number of rotatable bonds is 8. The SMILES string of the molecule is CCOC(=O)C(C(=O)OC(c1ccccc1)c1ccccc1)C(=O)c1cccnc1. The zero-order valence-corrected chi connectivity index (χ0v) is 16.4. The van der Waals surface area contributed by atoms with Crippen molar-refractivity contribution in [3.63, 3.8) is 0 Å². The van der Waals surface area contributed by atoms with Crippen LogP contribution in [0.2, 0.25) is 0 Å². The molecule has 2 aromatic carbocycles. The second-order valence-corrected chi connectivity index (χ2v) is 6.43. The van der Waals surface area contributed by atoms with Crippen molar-refractivity contribution >= 4 is 17.7 Å². The van der Waals surface area contributed by atoms with Crippen molar-refractivity contribution in [2.24, 2.45) is 5.92 Å². The van der Waals surface area contributed by atoms with Crippen molar-refractivity contribution in [2.45, 2.75) is 13.0 Å². The third kappa shape index (κ3) is 4.97. The molecule has 0 bridgehead atoms. The Kier molecular flexibility index (Phi) is 7.05. The number of aromatic nitrogens is 1. The fraction of sp³-hybridized carbons (Fsp3) is 0.167. The van der Waals surface area contributed by atoms with Crippen molar-refractivity contribution in [2.75, 3.05) is 6.61 Å². The smallest absolute Gasteiger partial charge is 0.329 e. The fourth-order valence-corrected chi connectivity index (χ4v) is 2.98.